The minimum absolute atomic E-state index is 0.945. The van der Waals surface area contributed by atoms with Crippen molar-refractivity contribution in [2.75, 3.05) is 0 Å². The van der Waals surface area contributed by atoms with Crippen LogP contribution in [0.4, 0.5) is 0 Å². The average Bonchev–Trinajstić information content (AvgIpc) is 3.39. The van der Waals surface area contributed by atoms with Gasteiger partial charge in [0.2, 0.25) is 0 Å². The summed E-state index contributed by atoms with van der Waals surface area (Å²) in [7, 11) is -0.945. The Morgan fingerprint density at radius 1 is 0.667 bits per heavy atom. The van der Waals surface area contributed by atoms with Crippen LogP contribution in [0.5, 0.6) is 0 Å². The number of thiophene rings is 2. The van der Waals surface area contributed by atoms with Gasteiger partial charge in [-0.15, -0.1) is 22.7 Å². The number of rotatable bonds is 3. The summed E-state index contributed by atoms with van der Waals surface area (Å²) in [5, 5.41) is 4.93. The van der Waals surface area contributed by atoms with E-state index in [1.54, 1.807) is 27.1 Å². The summed E-state index contributed by atoms with van der Waals surface area (Å²) in [5.41, 5.74) is 3.39. The van der Waals surface area contributed by atoms with Crippen molar-refractivity contribution in [3.8, 4) is 0 Å². The second-order valence-electron chi connectivity index (χ2n) is 7.48. The Hall–Kier alpha value is -1.47. The zero-order valence-corrected chi connectivity index (χ0v) is 18.5. The molecule has 3 heterocycles. The van der Waals surface area contributed by atoms with Crippen LogP contribution in [-0.2, 0) is 0 Å². The van der Waals surface area contributed by atoms with Gasteiger partial charge in [0.05, 0.1) is 9.75 Å². The second kappa shape index (κ2) is 7.17. The van der Waals surface area contributed by atoms with E-state index in [-0.39, 0.29) is 0 Å². The van der Waals surface area contributed by atoms with Crippen LogP contribution in [-0.4, -0.2) is 0 Å². The summed E-state index contributed by atoms with van der Waals surface area (Å²) >= 11 is 3.97. The summed E-state index contributed by atoms with van der Waals surface area (Å²) in [4.78, 5) is 5.88. The molecule has 0 N–H and O–H groups in total. The first kappa shape index (κ1) is 17.6. The van der Waals surface area contributed by atoms with Crippen LogP contribution >= 0.6 is 30.6 Å². The molecule has 1 aliphatic carbocycles. The van der Waals surface area contributed by atoms with Crippen molar-refractivity contribution in [1.82, 2.24) is 0 Å². The Kier molecular flexibility index (Phi) is 4.68. The molecule has 1 aliphatic heterocycles. The van der Waals surface area contributed by atoms with E-state index in [2.05, 4.69) is 68.4 Å². The molecular weight excluding hydrogens is 383 g/mol. The van der Waals surface area contributed by atoms with E-state index in [0.717, 1.165) is 0 Å². The highest BCUT2D eigenvalue weighted by Crippen LogP contribution is 2.70. The van der Waals surface area contributed by atoms with Gasteiger partial charge in [-0.2, -0.15) is 0 Å². The first-order chi connectivity index (χ1) is 13.2. The fourth-order valence-corrected chi connectivity index (χ4v) is 10.2. The maximum absolute atomic E-state index is 2.38. The molecule has 0 atom stereocenters. The lowest BCUT2D eigenvalue weighted by Crippen LogP contribution is -2.00. The van der Waals surface area contributed by atoms with Crippen LogP contribution in [0.15, 0.2) is 65.7 Å². The van der Waals surface area contributed by atoms with E-state index in [4.69, 9.17) is 0 Å². The highest BCUT2D eigenvalue weighted by Gasteiger charge is 2.45. The maximum Gasteiger partial charge on any atom is 0.123 e. The summed E-state index contributed by atoms with van der Waals surface area (Å²) in [5.74, 6) is 0. The Morgan fingerprint density at radius 2 is 1.19 bits per heavy atom. The quantitative estimate of drug-likeness (QED) is 0.391. The molecular formula is C24H24PS2+. The van der Waals surface area contributed by atoms with E-state index in [1.807, 2.05) is 22.7 Å². The largest absolute Gasteiger partial charge is 0.137 e. The lowest BCUT2D eigenvalue weighted by molar-refractivity contribution is 0.685. The van der Waals surface area contributed by atoms with E-state index < -0.39 is 7.92 Å². The van der Waals surface area contributed by atoms with Gasteiger partial charge in [-0.1, -0.05) is 18.2 Å². The monoisotopic (exact) mass is 407 g/mol. The fraction of sp³-hybridized carbons (Fsp3) is 0.250. The molecule has 3 aromatic rings. The van der Waals surface area contributed by atoms with Crippen LogP contribution < -0.4 is 5.30 Å². The molecule has 0 unspecified atom stereocenters. The van der Waals surface area contributed by atoms with Crippen LogP contribution in [0.2, 0.25) is 0 Å². The second-order valence-corrected chi connectivity index (χ2v) is 12.4. The average molecular weight is 408 g/mol. The normalized spacial score (nSPS) is 17.7. The van der Waals surface area contributed by atoms with Gasteiger partial charge in [0.15, 0.2) is 0 Å². The van der Waals surface area contributed by atoms with Crippen molar-refractivity contribution < 1.29 is 0 Å². The molecule has 1 aromatic carbocycles. The first-order valence-electron chi connectivity index (χ1n) is 9.76. The molecule has 1 saturated carbocycles. The third-order valence-corrected chi connectivity index (χ3v) is 11.1. The van der Waals surface area contributed by atoms with Crippen LogP contribution in [0, 0.1) is 13.8 Å². The molecule has 2 aliphatic rings. The number of allylic oxidation sites excluding steroid dienone is 2. The van der Waals surface area contributed by atoms with Crippen molar-refractivity contribution in [2.45, 2.75) is 39.5 Å². The smallest absolute Gasteiger partial charge is 0.123 e. The van der Waals surface area contributed by atoms with Crippen molar-refractivity contribution in [3.63, 3.8) is 0 Å². The summed E-state index contributed by atoms with van der Waals surface area (Å²) in [6.07, 6.45) is 5.20. The van der Waals surface area contributed by atoms with Crippen molar-refractivity contribution >= 4 is 46.5 Å². The van der Waals surface area contributed by atoms with Gasteiger partial charge < -0.3 is 0 Å². The lowest BCUT2D eigenvalue weighted by Gasteiger charge is -2.14. The number of aryl methyl sites for hydroxylation is 2. The molecule has 0 spiro atoms. The molecule has 0 saturated heterocycles. The predicted molar refractivity (Wildman–Crippen MR) is 125 cm³/mol. The van der Waals surface area contributed by atoms with Gasteiger partial charge in [0, 0.05) is 20.9 Å². The number of benzene rings is 1. The Balaban J connectivity index is 1.77. The van der Waals surface area contributed by atoms with E-state index in [0.29, 0.717) is 0 Å². The van der Waals surface area contributed by atoms with E-state index >= 15 is 0 Å². The first-order valence-corrected chi connectivity index (χ1v) is 12.9. The van der Waals surface area contributed by atoms with Gasteiger partial charge in [-0.3, -0.25) is 0 Å². The minimum Gasteiger partial charge on any atom is -0.137 e. The zero-order valence-electron chi connectivity index (χ0n) is 15.8. The summed E-state index contributed by atoms with van der Waals surface area (Å²) in [6, 6.07) is 20.7. The molecule has 0 nitrogen and oxygen atoms in total. The molecule has 0 bridgehead atoms. The topological polar surface area (TPSA) is 0 Å². The molecule has 0 radical (unpaired) electrons. The number of hydrogen-bond acceptors (Lipinski definition) is 2. The molecule has 1 fully saturated rings. The fourth-order valence-electron chi connectivity index (χ4n) is 4.46. The van der Waals surface area contributed by atoms with Crippen molar-refractivity contribution in [2.24, 2.45) is 0 Å². The highest BCUT2D eigenvalue weighted by molar-refractivity contribution is 7.85. The minimum atomic E-state index is -0.945. The zero-order chi connectivity index (χ0) is 18.4. The number of fused-ring (bicyclic) bond motifs is 1. The van der Waals surface area contributed by atoms with Crippen molar-refractivity contribution in [3.05, 3.63) is 85.3 Å². The van der Waals surface area contributed by atoms with Gasteiger partial charge in [-0.25, -0.2) is 0 Å². The predicted octanol–water partition coefficient (Wildman–Crippen LogP) is 7.68. The SMILES string of the molecule is Cc1ccc(C2=C3CCCCC3=C(c3ccc(C)s3)[PH+]2c2ccccc2)s1. The van der Waals surface area contributed by atoms with Crippen LogP contribution in [0.3, 0.4) is 0 Å². The molecule has 2 aromatic heterocycles. The molecule has 27 heavy (non-hydrogen) atoms. The summed E-state index contributed by atoms with van der Waals surface area (Å²) in [6.45, 7) is 4.48. The highest BCUT2D eigenvalue weighted by atomic mass is 32.1. The van der Waals surface area contributed by atoms with Gasteiger partial charge in [0.25, 0.3) is 0 Å². The van der Waals surface area contributed by atoms with Gasteiger partial charge in [0.1, 0.15) is 23.9 Å². The third-order valence-electron chi connectivity index (χ3n) is 5.61. The third kappa shape index (κ3) is 3.09. The molecule has 0 amide bonds. The van der Waals surface area contributed by atoms with Crippen LogP contribution in [0.1, 0.15) is 45.2 Å². The molecule has 5 rings (SSSR count). The van der Waals surface area contributed by atoms with Gasteiger partial charge in [-0.05, 0) is 75.9 Å². The maximum atomic E-state index is 2.38. The van der Waals surface area contributed by atoms with E-state index in [1.165, 1.54) is 45.2 Å². The lowest BCUT2D eigenvalue weighted by atomic mass is 9.88. The van der Waals surface area contributed by atoms with Gasteiger partial charge >= 0.3 is 0 Å². The Morgan fingerprint density at radius 3 is 1.63 bits per heavy atom. The van der Waals surface area contributed by atoms with Crippen molar-refractivity contribution in [1.29, 1.82) is 0 Å². The van der Waals surface area contributed by atoms with Crippen LogP contribution in [0.25, 0.3) is 10.6 Å². The van der Waals surface area contributed by atoms with E-state index in [9.17, 15) is 0 Å². The summed E-state index contributed by atoms with van der Waals surface area (Å²) < 4.78 is 0. The molecule has 3 heteroatoms. The Labute approximate surface area is 171 Å². The molecule has 136 valence electrons. The standard InChI is InChI=1S/C24H23PS2/c1-16-12-14-21(26-16)23-19-10-6-7-11-20(19)24(22-15-13-17(2)27-22)25(23)18-8-4-3-5-9-18/h3-5,8-9,12-15H,6-7,10-11H2,1-2H3/p+1. The number of hydrogen-bond donors (Lipinski definition) is 0. The Bertz CT molecular complexity index is 983.